The summed E-state index contributed by atoms with van der Waals surface area (Å²) in [6, 6.07) is 23.5. The maximum absolute atomic E-state index is 12.6. The number of carbonyl (C=O) groups excluding carboxylic acids is 2. The van der Waals surface area contributed by atoms with E-state index in [-0.39, 0.29) is 11.9 Å². The molecule has 1 amide bonds. The van der Waals surface area contributed by atoms with E-state index in [2.05, 4.69) is 16.9 Å². The van der Waals surface area contributed by atoms with Crippen LogP contribution in [0.3, 0.4) is 0 Å². The van der Waals surface area contributed by atoms with Gasteiger partial charge in [0.1, 0.15) is 5.75 Å². The van der Waals surface area contributed by atoms with Gasteiger partial charge in [-0.05, 0) is 53.8 Å². The highest BCUT2D eigenvalue weighted by Gasteiger charge is 2.11. The van der Waals surface area contributed by atoms with E-state index < -0.39 is 0 Å². The summed E-state index contributed by atoms with van der Waals surface area (Å²) in [6.45, 7) is 1.66. The average Bonchev–Trinajstić information content (AvgIpc) is 2.96. The van der Waals surface area contributed by atoms with Crippen LogP contribution in [-0.4, -0.2) is 57.8 Å². The van der Waals surface area contributed by atoms with Crippen LogP contribution in [0.1, 0.15) is 29.5 Å². The number of hydrogen-bond donors (Lipinski definition) is 0. The number of aryl methyl sites for hydroxylation is 1. The lowest BCUT2D eigenvalue weighted by Gasteiger charge is -2.17. The number of nitrogens with zero attached hydrogens (tertiary/aromatic N) is 1. The number of ether oxygens (including phenoxy) is 4. The quantitative estimate of drug-likeness (QED) is 0.210. The molecule has 0 unspecified atom stereocenters. The summed E-state index contributed by atoms with van der Waals surface area (Å²) in [6.07, 6.45) is 2.80. The third-order valence-corrected chi connectivity index (χ3v) is 6.17. The largest absolute Gasteiger partial charge is 0.493 e. The predicted octanol–water partition coefficient (Wildman–Crippen LogP) is 4.89. The van der Waals surface area contributed by atoms with Crippen LogP contribution in [0.4, 0.5) is 0 Å². The molecule has 0 N–H and O–H groups in total. The summed E-state index contributed by atoms with van der Waals surface area (Å²) in [5.41, 5.74) is 3.16. The molecular formula is C31H37NO6. The van der Waals surface area contributed by atoms with Crippen molar-refractivity contribution in [1.29, 1.82) is 0 Å². The molecule has 3 rings (SSSR count). The molecule has 0 heterocycles. The summed E-state index contributed by atoms with van der Waals surface area (Å²) in [7, 11) is 4.82. The van der Waals surface area contributed by atoms with Gasteiger partial charge in [0.15, 0.2) is 11.5 Å². The molecule has 0 saturated carbocycles. The molecule has 7 nitrogen and oxygen atoms in total. The van der Waals surface area contributed by atoms with Crippen molar-refractivity contribution in [2.45, 2.75) is 32.1 Å². The molecule has 0 atom stereocenters. The predicted molar refractivity (Wildman–Crippen MR) is 147 cm³/mol. The number of amides is 1. The molecule has 3 aromatic rings. The summed E-state index contributed by atoms with van der Waals surface area (Å²) >= 11 is 0. The average molecular weight is 520 g/mol. The molecular weight excluding hydrogens is 482 g/mol. The van der Waals surface area contributed by atoms with Crippen molar-refractivity contribution in [3.05, 3.63) is 89.5 Å². The number of likely N-dealkylation sites (N-methyl/N-ethyl adjacent to an activating group) is 1. The van der Waals surface area contributed by atoms with Gasteiger partial charge in [0, 0.05) is 26.4 Å². The van der Waals surface area contributed by atoms with Gasteiger partial charge in [-0.3, -0.25) is 9.59 Å². The molecule has 0 radical (unpaired) electrons. The Labute approximate surface area is 225 Å². The molecule has 0 aliphatic heterocycles. The van der Waals surface area contributed by atoms with Crippen molar-refractivity contribution < 1.29 is 28.5 Å². The van der Waals surface area contributed by atoms with Crippen LogP contribution in [-0.2, 0) is 33.6 Å². The van der Waals surface area contributed by atoms with Crippen molar-refractivity contribution in [3.8, 4) is 17.2 Å². The number of esters is 1. The van der Waals surface area contributed by atoms with E-state index in [4.69, 9.17) is 14.2 Å². The van der Waals surface area contributed by atoms with Crippen LogP contribution in [0.15, 0.2) is 72.8 Å². The fraction of sp³-hybridized carbons (Fsp3) is 0.355. The second-order valence-electron chi connectivity index (χ2n) is 8.98. The Morgan fingerprint density at radius 1 is 0.763 bits per heavy atom. The van der Waals surface area contributed by atoms with E-state index in [0.29, 0.717) is 56.9 Å². The van der Waals surface area contributed by atoms with E-state index in [0.717, 1.165) is 23.3 Å². The fourth-order valence-corrected chi connectivity index (χ4v) is 3.85. The first-order valence-corrected chi connectivity index (χ1v) is 12.8. The maximum atomic E-state index is 12.6. The molecule has 202 valence electrons. The number of rotatable bonds is 15. The zero-order valence-electron chi connectivity index (χ0n) is 22.5. The molecule has 7 heteroatoms. The fourth-order valence-electron chi connectivity index (χ4n) is 3.85. The van der Waals surface area contributed by atoms with Crippen molar-refractivity contribution >= 4 is 11.9 Å². The molecule has 0 aromatic heterocycles. The molecule has 0 saturated heterocycles. The molecule has 0 aliphatic carbocycles. The molecule has 0 fully saturated rings. The normalized spacial score (nSPS) is 10.5. The molecule has 3 aromatic carbocycles. The zero-order valence-corrected chi connectivity index (χ0v) is 22.5. The lowest BCUT2D eigenvalue weighted by Crippen LogP contribution is -2.30. The van der Waals surface area contributed by atoms with Crippen LogP contribution in [0.25, 0.3) is 0 Å². The van der Waals surface area contributed by atoms with Gasteiger partial charge in [-0.15, -0.1) is 0 Å². The second-order valence-corrected chi connectivity index (χ2v) is 8.98. The molecule has 0 spiro atoms. The van der Waals surface area contributed by atoms with Crippen molar-refractivity contribution in [1.82, 2.24) is 4.90 Å². The lowest BCUT2D eigenvalue weighted by molar-refractivity contribution is -0.140. The Balaban J connectivity index is 1.36. The van der Waals surface area contributed by atoms with Gasteiger partial charge >= 0.3 is 5.97 Å². The summed E-state index contributed by atoms with van der Waals surface area (Å²) in [4.78, 5) is 25.7. The molecule has 0 bridgehead atoms. The van der Waals surface area contributed by atoms with Crippen LogP contribution in [0.5, 0.6) is 17.2 Å². The smallest absolute Gasteiger partial charge is 0.305 e. The van der Waals surface area contributed by atoms with Gasteiger partial charge in [0.25, 0.3) is 0 Å². The van der Waals surface area contributed by atoms with Crippen LogP contribution < -0.4 is 14.2 Å². The standard InChI is InChI=1S/C31H37NO6/c1-32(19-18-24-8-5-4-6-9-24)30(33)23-26-10-14-27(15-11-26)37-20-7-21-38-28-16-12-25(22-29(28)35-2)13-17-31(34)36-3/h4-6,8-12,14-16,22H,7,13,17-21,23H2,1-3H3. The van der Waals surface area contributed by atoms with Crippen molar-refractivity contribution in [2.75, 3.05) is 41.0 Å². The van der Waals surface area contributed by atoms with Crippen LogP contribution in [0, 0.1) is 0 Å². The van der Waals surface area contributed by atoms with E-state index in [1.807, 2.05) is 67.7 Å². The van der Waals surface area contributed by atoms with Gasteiger partial charge in [-0.25, -0.2) is 0 Å². The minimum absolute atomic E-state index is 0.0960. The minimum atomic E-state index is -0.241. The van der Waals surface area contributed by atoms with Crippen molar-refractivity contribution in [3.63, 3.8) is 0 Å². The summed E-state index contributed by atoms with van der Waals surface area (Å²) < 4.78 is 21.8. The van der Waals surface area contributed by atoms with Gasteiger partial charge in [-0.1, -0.05) is 48.5 Å². The van der Waals surface area contributed by atoms with E-state index in [9.17, 15) is 9.59 Å². The monoisotopic (exact) mass is 519 g/mol. The van der Waals surface area contributed by atoms with E-state index in [1.54, 1.807) is 12.0 Å². The van der Waals surface area contributed by atoms with Gasteiger partial charge in [0.05, 0.1) is 33.9 Å². The Morgan fingerprint density at radius 2 is 1.47 bits per heavy atom. The van der Waals surface area contributed by atoms with Crippen LogP contribution in [0.2, 0.25) is 0 Å². The van der Waals surface area contributed by atoms with Gasteiger partial charge < -0.3 is 23.8 Å². The highest BCUT2D eigenvalue weighted by molar-refractivity contribution is 5.78. The second kappa shape index (κ2) is 15.3. The number of carbonyl (C=O) groups is 2. The van der Waals surface area contributed by atoms with E-state index >= 15 is 0 Å². The topological polar surface area (TPSA) is 74.3 Å². The van der Waals surface area contributed by atoms with Gasteiger partial charge in [-0.2, -0.15) is 0 Å². The van der Waals surface area contributed by atoms with Crippen molar-refractivity contribution in [2.24, 2.45) is 0 Å². The van der Waals surface area contributed by atoms with Crippen LogP contribution >= 0.6 is 0 Å². The van der Waals surface area contributed by atoms with E-state index in [1.165, 1.54) is 12.7 Å². The number of methoxy groups -OCH3 is 2. The number of hydrogen-bond acceptors (Lipinski definition) is 6. The first kappa shape index (κ1) is 28.6. The summed E-state index contributed by atoms with van der Waals surface area (Å²) in [5.74, 6) is 1.89. The highest BCUT2D eigenvalue weighted by atomic mass is 16.5. The zero-order chi connectivity index (χ0) is 27.2. The Bertz CT molecular complexity index is 1150. The number of benzene rings is 3. The Kier molecular flexibility index (Phi) is 11.5. The summed E-state index contributed by atoms with van der Waals surface area (Å²) in [5, 5.41) is 0. The Morgan fingerprint density at radius 3 is 2.18 bits per heavy atom. The minimum Gasteiger partial charge on any atom is -0.493 e. The lowest BCUT2D eigenvalue weighted by atomic mass is 10.1. The highest BCUT2D eigenvalue weighted by Crippen LogP contribution is 2.28. The first-order chi connectivity index (χ1) is 18.5. The SMILES string of the molecule is COC(=O)CCc1ccc(OCCCOc2ccc(CC(=O)N(C)CCc3ccccc3)cc2)c(OC)c1. The Hall–Kier alpha value is -4.00. The maximum Gasteiger partial charge on any atom is 0.305 e. The molecule has 0 aliphatic rings. The molecule has 38 heavy (non-hydrogen) atoms. The third-order valence-electron chi connectivity index (χ3n) is 6.17. The third kappa shape index (κ3) is 9.47. The van der Waals surface area contributed by atoms with Gasteiger partial charge in [0.2, 0.25) is 5.91 Å². The first-order valence-electron chi connectivity index (χ1n) is 12.8.